The molecule has 0 aliphatic carbocycles. The SMILES string of the molecule is COCC(C)(C)n1c(C(C)Cl)nc2cc(Br)c(F)cc21. The van der Waals surface area contributed by atoms with Crippen LogP contribution in [0.5, 0.6) is 0 Å². The third-order valence-electron chi connectivity index (χ3n) is 3.18. The minimum atomic E-state index is -0.373. The molecule has 1 unspecified atom stereocenters. The normalized spacial score (nSPS) is 13.9. The minimum Gasteiger partial charge on any atom is -0.382 e. The van der Waals surface area contributed by atoms with Gasteiger partial charge in [-0.05, 0) is 42.8 Å². The molecule has 0 bridgehead atoms. The van der Waals surface area contributed by atoms with Crippen LogP contribution in [-0.2, 0) is 10.3 Å². The second-order valence-corrected chi connectivity index (χ2v) is 6.93. The van der Waals surface area contributed by atoms with Gasteiger partial charge in [-0.15, -0.1) is 11.6 Å². The van der Waals surface area contributed by atoms with E-state index in [0.29, 0.717) is 22.4 Å². The predicted octanol–water partition coefficient (Wildman–Crippen LogP) is 4.62. The molecule has 2 aromatic rings. The Morgan fingerprint density at radius 3 is 2.70 bits per heavy atom. The highest BCUT2D eigenvalue weighted by Gasteiger charge is 2.28. The summed E-state index contributed by atoms with van der Waals surface area (Å²) in [7, 11) is 1.64. The second kappa shape index (κ2) is 5.62. The fraction of sp³-hybridized carbons (Fsp3) is 0.500. The van der Waals surface area contributed by atoms with Gasteiger partial charge in [-0.3, -0.25) is 0 Å². The molecule has 0 amide bonds. The first-order valence-electron chi connectivity index (χ1n) is 6.29. The summed E-state index contributed by atoms with van der Waals surface area (Å²) < 4.78 is 21.5. The van der Waals surface area contributed by atoms with E-state index in [1.54, 1.807) is 13.2 Å². The lowest BCUT2D eigenvalue weighted by Gasteiger charge is -2.29. The fourth-order valence-electron chi connectivity index (χ4n) is 2.41. The summed E-state index contributed by atoms with van der Waals surface area (Å²) in [6.07, 6.45) is 0. The second-order valence-electron chi connectivity index (χ2n) is 5.42. The van der Waals surface area contributed by atoms with Gasteiger partial charge in [0.1, 0.15) is 11.6 Å². The Labute approximate surface area is 131 Å². The van der Waals surface area contributed by atoms with E-state index in [1.807, 2.05) is 25.3 Å². The number of imidazole rings is 1. The van der Waals surface area contributed by atoms with E-state index in [4.69, 9.17) is 16.3 Å². The van der Waals surface area contributed by atoms with Crippen molar-refractivity contribution in [3.8, 4) is 0 Å². The Hall–Kier alpha value is -0.650. The van der Waals surface area contributed by atoms with Crippen LogP contribution in [0.4, 0.5) is 4.39 Å². The third-order valence-corrected chi connectivity index (χ3v) is 3.98. The summed E-state index contributed by atoms with van der Waals surface area (Å²) in [5.74, 6) is 0.391. The maximum atomic E-state index is 13.9. The van der Waals surface area contributed by atoms with Crippen molar-refractivity contribution in [2.24, 2.45) is 0 Å². The quantitative estimate of drug-likeness (QED) is 0.741. The Morgan fingerprint density at radius 2 is 2.15 bits per heavy atom. The van der Waals surface area contributed by atoms with Crippen molar-refractivity contribution >= 4 is 38.6 Å². The summed E-state index contributed by atoms with van der Waals surface area (Å²) in [5.41, 5.74) is 1.06. The monoisotopic (exact) mass is 362 g/mol. The molecule has 2 rings (SSSR count). The molecule has 0 fully saturated rings. The molecule has 0 saturated carbocycles. The van der Waals surface area contributed by atoms with E-state index in [-0.39, 0.29) is 16.7 Å². The van der Waals surface area contributed by atoms with E-state index in [2.05, 4.69) is 20.9 Å². The smallest absolute Gasteiger partial charge is 0.139 e. The van der Waals surface area contributed by atoms with Crippen LogP contribution in [-0.4, -0.2) is 23.3 Å². The highest BCUT2D eigenvalue weighted by atomic mass is 79.9. The lowest BCUT2D eigenvalue weighted by molar-refractivity contribution is 0.110. The average Bonchev–Trinajstić information content (AvgIpc) is 2.69. The zero-order valence-electron chi connectivity index (χ0n) is 11.9. The highest BCUT2D eigenvalue weighted by Crippen LogP contribution is 2.33. The van der Waals surface area contributed by atoms with Crippen molar-refractivity contribution in [3.63, 3.8) is 0 Å². The molecule has 6 heteroatoms. The third kappa shape index (κ3) is 2.71. The Balaban J connectivity index is 2.78. The molecule has 0 N–H and O–H groups in total. The van der Waals surface area contributed by atoms with E-state index in [1.165, 1.54) is 6.07 Å². The number of hydrogen-bond acceptors (Lipinski definition) is 2. The highest BCUT2D eigenvalue weighted by molar-refractivity contribution is 9.10. The standard InChI is InChI=1S/C14H17BrClFN2O/c1-8(16)13-18-11-5-9(15)10(17)6-12(11)19(13)14(2,3)7-20-4/h5-6,8H,7H2,1-4H3. The van der Waals surface area contributed by atoms with Gasteiger partial charge in [-0.1, -0.05) is 0 Å². The number of aromatic nitrogens is 2. The lowest BCUT2D eigenvalue weighted by Crippen LogP contribution is -2.33. The average molecular weight is 364 g/mol. The lowest BCUT2D eigenvalue weighted by atomic mass is 10.1. The van der Waals surface area contributed by atoms with Gasteiger partial charge in [0, 0.05) is 13.2 Å². The fourth-order valence-corrected chi connectivity index (χ4v) is 2.89. The van der Waals surface area contributed by atoms with Crippen LogP contribution in [0.2, 0.25) is 0 Å². The van der Waals surface area contributed by atoms with Crippen molar-refractivity contribution in [1.82, 2.24) is 9.55 Å². The van der Waals surface area contributed by atoms with Crippen molar-refractivity contribution in [3.05, 3.63) is 28.2 Å². The van der Waals surface area contributed by atoms with Gasteiger partial charge in [-0.25, -0.2) is 9.37 Å². The number of halogens is 3. The number of nitrogens with zero attached hydrogens (tertiary/aromatic N) is 2. The van der Waals surface area contributed by atoms with Gasteiger partial charge >= 0.3 is 0 Å². The van der Waals surface area contributed by atoms with Crippen molar-refractivity contribution in [1.29, 1.82) is 0 Å². The zero-order valence-corrected chi connectivity index (χ0v) is 14.2. The number of rotatable bonds is 4. The molecule has 0 aliphatic rings. The Bertz CT molecular complexity index is 640. The van der Waals surface area contributed by atoms with Gasteiger partial charge < -0.3 is 9.30 Å². The molecular formula is C14H17BrClFN2O. The van der Waals surface area contributed by atoms with Gasteiger partial charge in [0.25, 0.3) is 0 Å². The van der Waals surface area contributed by atoms with Crippen LogP contribution in [0.15, 0.2) is 16.6 Å². The molecule has 1 heterocycles. The summed E-state index contributed by atoms with van der Waals surface area (Å²) in [4.78, 5) is 4.54. The molecule has 20 heavy (non-hydrogen) atoms. The first kappa shape index (κ1) is 15.7. The first-order chi connectivity index (χ1) is 9.27. The maximum absolute atomic E-state index is 13.9. The van der Waals surface area contributed by atoms with Crippen LogP contribution in [0, 0.1) is 5.82 Å². The van der Waals surface area contributed by atoms with Crippen molar-refractivity contribution < 1.29 is 9.13 Å². The molecule has 0 saturated heterocycles. The van der Waals surface area contributed by atoms with Crippen molar-refractivity contribution in [2.75, 3.05) is 13.7 Å². The molecule has 0 spiro atoms. The summed E-state index contributed by atoms with van der Waals surface area (Å²) in [6, 6.07) is 3.15. The van der Waals surface area contributed by atoms with E-state index in [9.17, 15) is 4.39 Å². The Morgan fingerprint density at radius 1 is 1.50 bits per heavy atom. The number of alkyl halides is 1. The van der Waals surface area contributed by atoms with Crippen LogP contribution in [0.1, 0.15) is 32.0 Å². The molecule has 1 atom stereocenters. The number of methoxy groups -OCH3 is 1. The van der Waals surface area contributed by atoms with Gasteiger partial charge in [-0.2, -0.15) is 0 Å². The summed E-state index contributed by atoms with van der Waals surface area (Å²) >= 11 is 9.42. The van der Waals surface area contributed by atoms with Crippen LogP contribution < -0.4 is 0 Å². The van der Waals surface area contributed by atoms with E-state index in [0.717, 1.165) is 5.52 Å². The number of ether oxygens (including phenoxy) is 1. The maximum Gasteiger partial charge on any atom is 0.139 e. The molecule has 1 aromatic carbocycles. The van der Waals surface area contributed by atoms with E-state index >= 15 is 0 Å². The minimum absolute atomic E-state index is 0.277. The summed E-state index contributed by atoms with van der Waals surface area (Å²) in [6.45, 7) is 6.36. The Kier molecular flexibility index (Phi) is 4.42. The van der Waals surface area contributed by atoms with Crippen LogP contribution in [0.3, 0.4) is 0 Å². The molecule has 3 nitrogen and oxygen atoms in total. The number of benzene rings is 1. The molecule has 110 valence electrons. The topological polar surface area (TPSA) is 27.1 Å². The zero-order chi connectivity index (χ0) is 15.1. The molecule has 0 radical (unpaired) electrons. The van der Waals surface area contributed by atoms with E-state index < -0.39 is 0 Å². The van der Waals surface area contributed by atoms with Gasteiger partial charge in [0.2, 0.25) is 0 Å². The predicted molar refractivity (Wildman–Crippen MR) is 82.9 cm³/mol. The first-order valence-corrected chi connectivity index (χ1v) is 7.51. The van der Waals surface area contributed by atoms with Crippen LogP contribution >= 0.6 is 27.5 Å². The van der Waals surface area contributed by atoms with Crippen molar-refractivity contribution in [2.45, 2.75) is 31.7 Å². The largest absolute Gasteiger partial charge is 0.382 e. The number of fused-ring (bicyclic) bond motifs is 1. The number of hydrogen-bond donors (Lipinski definition) is 0. The molecular weight excluding hydrogens is 347 g/mol. The van der Waals surface area contributed by atoms with Crippen LogP contribution in [0.25, 0.3) is 11.0 Å². The van der Waals surface area contributed by atoms with Gasteiger partial charge in [0.05, 0.1) is 33.0 Å². The molecule has 1 aromatic heterocycles. The summed E-state index contributed by atoms with van der Waals surface area (Å²) in [5, 5.41) is -0.277. The van der Waals surface area contributed by atoms with Gasteiger partial charge in [0.15, 0.2) is 0 Å². The molecule has 0 aliphatic heterocycles.